The first kappa shape index (κ1) is 21.9. The Morgan fingerprint density at radius 2 is 1.79 bits per heavy atom. The van der Waals surface area contributed by atoms with Gasteiger partial charge < -0.3 is 18.9 Å². The second-order valence-corrected chi connectivity index (χ2v) is 9.58. The van der Waals surface area contributed by atoms with Crippen molar-refractivity contribution in [2.45, 2.75) is 77.9 Å². The molecule has 29 heavy (non-hydrogen) atoms. The zero-order valence-corrected chi connectivity index (χ0v) is 19.0. The molecule has 5 heteroatoms. The highest BCUT2D eigenvalue weighted by Crippen LogP contribution is 2.55. The molecule has 0 bridgehead atoms. The molecule has 3 rings (SSSR count). The topological polar surface area (TPSA) is 54.0 Å². The SMILES string of the molecule is COCc1cc(CC23CCCC(C)(C)C2CC(=O)O3)c(OC)c(OC)c1C(C)C. The van der Waals surface area contributed by atoms with Gasteiger partial charge in [0.05, 0.1) is 27.2 Å². The molecule has 162 valence electrons. The van der Waals surface area contributed by atoms with Crippen molar-refractivity contribution in [2.75, 3.05) is 21.3 Å². The minimum Gasteiger partial charge on any atom is -0.493 e. The van der Waals surface area contributed by atoms with Crippen LogP contribution in [0, 0.1) is 11.3 Å². The van der Waals surface area contributed by atoms with Gasteiger partial charge in [-0.2, -0.15) is 0 Å². The van der Waals surface area contributed by atoms with Gasteiger partial charge in [0.2, 0.25) is 0 Å². The zero-order valence-electron chi connectivity index (χ0n) is 19.0. The Bertz CT molecular complexity index is 767. The van der Waals surface area contributed by atoms with Crippen molar-refractivity contribution in [1.82, 2.24) is 0 Å². The Morgan fingerprint density at radius 3 is 2.38 bits per heavy atom. The van der Waals surface area contributed by atoms with Crippen molar-refractivity contribution in [1.29, 1.82) is 0 Å². The van der Waals surface area contributed by atoms with Gasteiger partial charge in [0.15, 0.2) is 11.5 Å². The van der Waals surface area contributed by atoms with Gasteiger partial charge in [-0.1, -0.05) is 27.7 Å². The Kier molecular flexibility index (Phi) is 6.19. The average Bonchev–Trinajstić information content (AvgIpc) is 2.98. The molecule has 0 amide bonds. The molecule has 5 nitrogen and oxygen atoms in total. The second kappa shape index (κ2) is 8.17. The molecule has 2 aliphatic rings. The molecule has 2 atom stereocenters. The molecule has 0 aromatic heterocycles. The third kappa shape index (κ3) is 3.86. The van der Waals surface area contributed by atoms with E-state index in [9.17, 15) is 4.79 Å². The van der Waals surface area contributed by atoms with Gasteiger partial charge in [0.25, 0.3) is 0 Å². The molecule has 0 spiro atoms. The van der Waals surface area contributed by atoms with Crippen LogP contribution in [-0.4, -0.2) is 32.9 Å². The predicted molar refractivity (Wildman–Crippen MR) is 113 cm³/mol. The van der Waals surface area contributed by atoms with Crippen molar-refractivity contribution in [3.8, 4) is 11.5 Å². The van der Waals surface area contributed by atoms with Gasteiger partial charge in [-0.3, -0.25) is 4.79 Å². The number of benzene rings is 1. The standard InChI is InChI=1S/C24H36O5/c1-15(2)20-17(14-26-5)11-16(21(27-6)22(20)28-7)13-24-10-8-9-23(3,4)18(24)12-19(25)29-24/h11,15,18H,8-10,12-14H2,1-7H3. The number of fused-ring (bicyclic) bond motifs is 1. The summed E-state index contributed by atoms with van der Waals surface area (Å²) in [5.74, 6) is 1.91. The summed E-state index contributed by atoms with van der Waals surface area (Å²) >= 11 is 0. The molecule has 0 N–H and O–H groups in total. The summed E-state index contributed by atoms with van der Waals surface area (Å²) in [5.41, 5.74) is 2.84. The van der Waals surface area contributed by atoms with E-state index in [1.54, 1.807) is 21.3 Å². The summed E-state index contributed by atoms with van der Waals surface area (Å²) in [6, 6.07) is 2.17. The molecule has 1 saturated heterocycles. The largest absolute Gasteiger partial charge is 0.493 e. The van der Waals surface area contributed by atoms with Crippen LogP contribution < -0.4 is 9.47 Å². The number of esters is 1. The van der Waals surface area contributed by atoms with Crippen LogP contribution in [0.4, 0.5) is 0 Å². The van der Waals surface area contributed by atoms with E-state index < -0.39 is 5.60 Å². The van der Waals surface area contributed by atoms with E-state index in [2.05, 4.69) is 33.8 Å². The summed E-state index contributed by atoms with van der Waals surface area (Å²) in [4.78, 5) is 12.4. The van der Waals surface area contributed by atoms with Crippen LogP contribution in [0.3, 0.4) is 0 Å². The van der Waals surface area contributed by atoms with Crippen LogP contribution in [0.25, 0.3) is 0 Å². The molecule has 1 saturated carbocycles. The zero-order chi connectivity index (χ0) is 21.4. The van der Waals surface area contributed by atoms with E-state index in [1.165, 1.54) is 0 Å². The van der Waals surface area contributed by atoms with Gasteiger partial charge >= 0.3 is 5.97 Å². The fourth-order valence-corrected chi connectivity index (χ4v) is 5.73. The van der Waals surface area contributed by atoms with Crippen molar-refractivity contribution in [3.05, 3.63) is 22.8 Å². The fraction of sp³-hybridized carbons (Fsp3) is 0.708. The van der Waals surface area contributed by atoms with E-state index in [-0.39, 0.29) is 23.2 Å². The number of carbonyl (C=O) groups excluding carboxylic acids is 1. The molecule has 1 heterocycles. The summed E-state index contributed by atoms with van der Waals surface area (Å²) in [6.45, 7) is 9.33. The average molecular weight is 405 g/mol. The lowest BCUT2D eigenvalue weighted by Crippen LogP contribution is -2.48. The highest BCUT2D eigenvalue weighted by molar-refractivity contribution is 5.73. The minimum atomic E-state index is -0.471. The molecule has 1 aromatic carbocycles. The third-order valence-electron chi connectivity index (χ3n) is 6.90. The first-order valence-corrected chi connectivity index (χ1v) is 10.7. The van der Waals surface area contributed by atoms with Crippen molar-refractivity contribution in [3.63, 3.8) is 0 Å². The lowest BCUT2D eigenvalue weighted by atomic mass is 9.60. The van der Waals surface area contributed by atoms with Crippen LogP contribution in [0.1, 0.15) is 76.0 Å². The number of methoxy groups -OCH3 is 3. The van der Waals surface area contributed by atoms with Crippen LogP contribution in [0.15, 0.2) is 6.07 Å². The van der Waals surface area contributed by atoms with E-state index in [1.807, 2.05) is 0 Å². The maximum atomic E-state index is 12.4. The number of hydrogen-bond acceptors (Lipinski definition) is 5. The number of carbonyl (C=O) groups is 1. The molecule has 1 aliphatic heterocycles. The first-order chi connectivity index (χ1) is 13.7. The van der Waals surface area contributed by atoms with Crippen LogP contribution in [-0.2, 0) is 27.3 Å². The minimum absolute atomic E-state index is 0.0770. The van der Waals surface area contributed by atoms with Crippen LogP contribution >= 0.6 is 0 Å². The van der Waals surface area contributed by atoms with Gasteiger partial charge in [-0.15, -0.1) is 0 Å². The second-order valence-electron chi connectivity index (χ2n) is 9.58. The van der Waals surface area contributed by atoms with Gasteiger partial charge in [0.1, 0.15) is 5.60 Å². The van der Waals surface area contributed by atoms with Gasteiger partial charge in [-0.25, -0.2) is 0 Å². The molecule has 2 fully saturated rings. The lowest BCUT2D eigenvalue weighted by molar-refractivity contribution is -0.154. The molecular formula is C24H36O5. The number of rotatable bonds is 7. The normalized spacial score (nSPS) is 25.7. The Balaban J connectivity index is 2.13. The molecule has 1 aliphatic carbocycles. The molecule has 2 unspecified atom stereocenters. The Labute approximate surface area is 175 Å². The fourth-order valence-electron chi connectivity index (χ4n) is 5.73. The Hall–Kier alpha value is -1.75. The number of ether oxygens (including phenoxy) is 4. The molecular weight excluding hydrogens is 368 g/mol. The maximum Gasteiger partial charge on any atom is 0.306 e. The van der Waals surface area contributed by atoms with E-state index >= 15 is 0 Å². The van der Waals surface area contributed by atoms with Gasteiger partial charge in [-0.05, 0) is 42.2 Å². The van der Waals surface area contributed by atoms with E-state index in [0.29, 0.717) is 19.4 Å². The summed E-state index contributed by atoms with van der Waals surface area (Å²) in [6.07, 6.45) is 4.22. The van der Waals surface area contributed by atoms with E-state index in [0.717, 1.165) is 47.5 Å². The van der Waals surface area contributed by atoms with Crippen LogP contribution in [0.2, 0.25) is 0 Å². The van der Waals surface area contributed by atoms with Crippen molar-refractivity contribution < 1.29 is 23.7 Å². The quantitative estimate of drug-likeness (QED) is 0.597. The van der Waals surface area contributed by atoms with Crippen LogP contribution in [0.5, 0.6) is 11.5 Å². The van der Waals surface area contributed by atoms with E-state index in [4.69, 9.17) is 18.9 Å². The number of hydrogen-bond donors (Lipinski definition) is 0. The Morgan fingerprint density at radius 1 is 1.10 bits per heavy atom. The molecule has 1 aromatic rings. The third-order valence-corrected chi connectivity index (χ3v) is 6.90. The highest BCUT2D eigenvalue weighted by Gasteiger charge is 2.57. The summed E-state index contributed by atoms with van der Waals surface area (Å²) < 4.78 is 23.2. The summed E-state index contributed by atoms with van der Waals surface area (Å²) in [5, 5.41) is 0. The molecule has 0 radical (unpaired) electrons. The maximum absolute atomic E-state index is 12.4. The summed E-state index contributed by atoms with van der Waals surface area (Å²) in [7, 11) is 5.07. The lowest BCUT2D eigenvalue weighted by Gasteiger charge is -2.47. The highest BCUT2D eigenvalue weighted by atomic mass is 16.6. The first-order valence-electron chi connectivity index (χ1n) is 10.7. The van der Waals surface area contributed by atoms with Crippen molar-refractivity contribution in [2.24, 2.45) is 11.3 Å². The monoisotopic (exact) mass is 404 g/mol. The van der Waals surface area contributed by atoms with Crippen molar-refractivity contribution >= 4 is 5.97 Å². The predicted octanol–water partition coefficient (Wildman–Crippen LogP) is 5.03. The smallest absolute Gasteiger partial charge is 0.306 e. The van der Waals surface area contributed by atoms with Gasteiger partial charge in [0, 0.05) is 30.6 Å².